The Morgan fingerprint density at radius 1 is 1.44 bits per heavy atom. The van der Waals surface area contributed by atoms with Crippen molar-refractivity contribution in [1.29, 1.82) is 0 Å². The maximum absolute atomic E-state index is 9.77. The van der Waals surface area contributed by atoms with Gasteiger partial charge in [0, 0.05) is 29.8 Å². The first kappa shape index (κ1) is 12.9. The summed E-state index contributed by atoms with van der Waals surface area (Å²) in [4.78, 5) is 4.26. The Labute approximate surface area is 111 Å². The molecule has 1 unspecified atom stereocenters. The van der Waals surface area contributed by atoms with E-state index < -0.39 is 0 Å². The molecular formula is C13H15ClN2O2. The van der Waals surface area contributed by atoms with Crippen LogP contribution in [0.25, 0.3) is 0 Å². The van der Waals surface area contributed by atoms with Crippen LogP contribution in [0.1, 0.15) is 12.8 Å². The molecule has 4 nitrogen and oxygen atoms in total. The van der Waals surface area contributed by atoms with E-state index in [1.165, 1.54) is 6.07 Å². The summed E-state index contributed by atoms with van der Waals surface area (Å²) in [6.45, 7) is 0.117. The first-order valence-electron chi connectivity index (χ1n) is 5.80. The standard InChI is InChI=1S/C13H15ClN2O2/c14-10-3-4-11(12(18)8-10)16-13-9(5-7-17)2-1-6-15-13/h1,3-4,6,8-9,17-18H,2,5,7H2,(H,15,16). The third-order valence-electron chi connectivity index (χ3n) is 2.83. The average Bonchev–Trinajstić information content (AvgIpc) is 2.35. The highest BCUT2D eigenvalue weighted by Gasteiger charge is 2.17. The minimum atomic E-state index is 0.0856. The number of rotatable bonds is 3. The fraction of sp³-hybridized carbons (Fsp3) is 0.308. The van der Waals surface area contributed by atoms with Gasteiger partial charge in [-0.15, -0.1) is 0 Å². The predicted molar refractivity (Wildman–Crippen MR) is 73.1 cm³/mol. The molecule has 0 aliphatic carbocycles. The van der Waals surface area contributed by atoms with Crippen molar-refractivity contribution in [3.63, 3.8) is 0 Å². The van der Waals surface area contributed by atoms with Crippen LogP contribution in [-0.4, -0.2) is 22.7 Å². The Hall–Kier alpha value is -1.52. The second kappa shape index (κ2) is 5.89. The van der Waals surface area contributed by atoms with Crippen molar-refractivity contribution in [2.45, 2.75) is 12.8 Å². The van der Waals surface area contributed by atoms with E-state index in [0.717, 1.165) is 12.3 Å². The van der Waals surface area contributed by atoms with Crippen LogP contribution in [0.2, 0.25) is 5.02 Å². The summed E-state index contributed by atoms with van der Waals surface area (Å²) in [5.74, 6) is 0.988. The summed E-state index contributed by atoms with van der Waals surface area (Å²) >= 11 is 5.78. The molecule has 18 heavy (non-hydrogen) atoms. The van der Waals surface area contributed by atoms with Gasteiger partial charge in [-0.1, -0.05) is 17.7 Å². The summed E-state index contributed by atoms with van der Waals surface area (Å²) in [5, 5.41) is 22.4. The number of anilines is 1. The van der Waals surface area contributed by atoms with Crippen LogP contribution < -0.4 is 5.32 Å². The lowest BCUT2D eigenvalue weighted by Crippen LogP contribution is -2.25. The first-order valence-corrected chi connectivity index (χ1v) is 6.17. The van der Waals surface area contributed by atoms with Crippen molar-refractivity contribution in [3.05, 3.63) is 35.5 Å². The zero-order valence-electron chi connectivity index (χ0n) is 9.81. The van der Waals surface area contributed by atoms with Crippen molar-refractivity contribution >= 4 is 23.1 Å². The molecule has 2 rings (SSSR count). The second-order valence-electron chi connectivity index (χ2n) is 4.13. The van der Waals surface area contributed by atoms with Crippen LogP contribution in [0.5, 0.6) is 5.75 Å². The molecule has 96 valence electrons. The van der Waals surface area contributed by atoms with Gasteiger partial charge in [0.15, 0.2) is 0 Å². The fourth-order valence-corrected chi connectivity index (χ4v) is 2.03. The Balaban J connectivity index is 2.16. The van der Waals surface area contributed by atoms with Gasteiger partial charge in [-0.3, -0.25) is 0 Å². The molecule has 0 aromatic heterocycles. The van der Waals surface area contributed by atoms with Crippen molar-refractivity contribution < 1.29 is 10.2 Å². The number of amidine groups is 1. The normalized spacial score (nSPS) is 18.6. The van der Waals surface area contributed by atoms with Crippen LogP contribution in [0, 0.1) is 5.92 Å². The number of nitrogens with one attached hydrogen (secondary N) is 1. The minimum Gasteiger partial charge on any atom is -0.506 e. The van der Waals surface area contributed by atoms with E-state index >= 15 is 0 Å². The lowest BCUT2D eigenvalue weighted by molar-refractivity contribution is 0.274. The number of phenols is 1. The Bertz CT molecular complexity index is 486. The average molecular weight is 267 g/mol. The monoisotopic (exact) mass is 266 g/mol. The molecule has 1 aromatic carbocycles. The van der Waals surface area contributed by atoms with E-state index in [0.29, 0.717) is 17.1 Å². The number of aromatic hydroxyl groups is 1. The predicted octanol–water partition coefficient (Wildman–Crippen LogP) is 2.77. The maximum Gasteiger partial charge on any atom is 0.140 e. The van der Waals surface area contributed by atoms with E-state index in [1.807, 2.05) is 6.08 Å². The third kappa shape index (κ3) is 3.03. The molecule has 0 radical (unpaired) electrons. The van der Waals surface area contributed by atoms with Crippen LogP contribution in [0.15, 0.2) is 35.5 Å². The van der Waals surface area contributed by atoms with Crippen molar-refractivity contribution in [1.82, 2.24) is 0 Å². The largest absolute Gasteiger partial charge is 0.506 e. The molecular weight excluding hydrogens is 252 g/mol. The summed E-state index contributed by atoms with van der Waals surface area (Å²) in [6.07, 6.45) is 5.17. The Morgan fingerprint density at radius 2 is 2.28 bits per heavy atom. The molecule has 1 aliphatic rings. The van der Waals surface area contributed by atoms with Crippen molar-refractivity contribution in [2.75, 3.05) is 11.9 Å². The number of aliphatic imine (C=N–C) groups is 1. The second-order valence-corrected chi connectivity index (χ2v) is 4.57. The molecule has 5 heteroatoms. The molecule has 0 amide bonds. The lowest BCUT2D eigenvalue weighted by atomic mass is 9.98. The first-order chi connectivity index (χ1) is 8.70. The molecule has 0 fully saturated rings. The quantitative estimate of drug-likeness (QED) is 0.737. The van der Waals surface area contributed by atoms with Crippen molar-refractivity contribution in [2.24, 2.45) is 10.9 Å². The Kier molecular flexibility index (Phi) is 4.23. The van der Waals surface area contributed by atoms with Crippen LogP contribution in [-0.2, 0) is 0 Å². The summed E-state index contributed by atoms with van der Waals surface area (Å²) in [6, 6.07) is 4.88. The maximum atomic E-state index is 9.77. The van der Waals surface area contributed by atoms with Crippen LogP contribution in [0.4, 0.5) is 5.69 Å². The van der Waals surface area contributed by atoms with Crippen molar-refractivity contribution in [3.8, 4) is 5.75 Å². The topological polar surface area (TPSA) is 64.9 Å². The molecule has 1 aliphatic heterocycles. The number of hydrogen-bond acceptors (Lipinski definition) is 4. The number of hydrogen-bond donors (Lipinski definition) is 3. The van der Waals surface area contributed by atoms with Gasteiger partial charge in [-0.2, -0.15) is 0 Å². The van der Waals surface area contributed by atoms with E-state index in [9.17, 15) is 5.11 Å². The molecule has 3 N–H and O–H groups in total. The van der Waals surface area contributed by atoms with Gasteiger partial charge in [-0.25, -0.2) is 4.99 Å². The van der Waals surface area contributed by atoms with Crippen LogP contribution >= 0.6 is 11.6 Å². The smallest absolute Gasteiger partial charge is 0.140 e. The molecule has 0 saturated carbocycles. The number of benzene rings is 1. The molecule has 1 heterocycles. The van der Waals surface area contributed by atoms with E-state index in [1.54, 1.807) is 18.3 Å². The SMILES string of the molecule is OCCC1CC=CN=C1Nc1ccc(Cl)cc1O. The number of phenolic OH excluding ortho intramolecular Hbond substituents is 1. The highest BCUT2D eigenvalue weighted by Crippen LogP contribution is 2.28. The highest BCUT2D eigenvalue weighted by molar-refractivity contribution is 6.30. The molecule has 1 atom stereocenters. The summed E-state index contributed by atoms with van der Waals surface area (Å²) < 4.78 is 0. The number of halogens is 1. The van der Waals surface area contributed by atoms with Gasteiger partial charge in [0.1, 0.15) is 11.6 Å². The third-order valence-corrected chi connectivity index (χ3v) is 3.06. The number of aliphatic hydroxyl groups is 1. The fourth-order valence-electron chi connectivity index (χ4n) is 1.87. The van der Waals surface area contributed by atoms with E-state index in [2.05, 4.69) is 10.3 Å². The molecule has 0 saturated heterocycles. The Morgan fingerprint density at radius 3 is 3.00 bits per heavy atom. The number of allylic oxidation sites excluding steroid dienone is 1. The number of aliphatic hydroxyl groups excluding tert-OH is 1. The van der Waals surface area contributed by atoms with Gasteiger partial charge in [0.25, 0.3) is 0 Å². The molecule has 1 aromatic rings. The van der Waals surface area contributed by atoms with Gasteiger partial charge in [0.05, 0.1) is 5.69 Å². The highest BCUT2D eigenvalue weighted by atomic mass is 35.5. The number of nitrogens with zero attached hydrogens (tertiary/aromatic N) is 1. The summed E-state index contributed by atoms with van der Waals surface area (Å²) in [7, 11) is 0. The van der Waals surface area contributed by atoms with Gasteiger partial charge in [0.2, 0.25) is 0 Å². The zero-order valence-corrected chi connectivity index (χ0v) is 10.6. The van der Waals surface area contributed by atoms with E-state index in [-0.39, 0.29) is 18.3 Å². The van der Waals surface area contributed by atoms with Gasteiger partial charge in [-0.05, 0) is 25.0 Å². The van der Waals surface area contributed by atoms with Crippen LogP contribution in [0.3, 0.4) is 0 Å². The molecule has 0 bridgehead atoms. The van der Waals surface area contributed by atoms with Gasteiger partial charge < -0.3 is 15.5 Å². The van der Waals surface area contributed by atoms with Gasteiger partial charge >= 0.3 is 0 Å². The summed E-state index contributed by atoms with van der Waals surface area (Å²) in [5.41, 5.74) is 0.566. The minimum absolute atomic E-state index is 0.0856. The van der Waals surface area contributed by atoms with E-state index in [4.69, 9.17) is 16.7 Å². The molecule has 0 spiro atoms. The zero-order chi connectivity index (χ0) is 13.0. The lowest BCUT2D eigenvalue weighted by Gasteiger charge is -2.21.